The number of nitrogens with one attached hydrogen (secondary N) is 1. The van der Waals surface area contributed by atoms with Crippen LogP contribution in [0.25, 0.3) is 0 Å². The third-order valence-corrected chi connectivity index (χ3v) is 5.82. The molecule has 2 aromatic rings. The van der Waals surface area contributed by atoms with Crippen LogP contribution in [0, 0.1) is 20.8 Å². The van der Waals surface area contributed by atoms with Crippen LogP contribution in [-0.2, 0) is 6.42 Å². The number of ether oxygens (including phenoxy) is 1. The van der Waals surface area contributed by atoms with Crippen molar-refractivity contribution >= 4 is 27.3 Å². The summed E-state index contributed by atoms with van der Waals surface area (Å²) in [6, 6.07) is 2.19. The molecular weight excluding hydrogens is 350 g/mol. The minimum Gasteiger partial charge on any atom is -0.496 e. The van der Waals surface area contributed by atoms with Gasteiger partial charge in [0.15, 0.2) is 0 Å². The Hall–Kier alpha value is -0.950. The summed E-state index contributed by atoms with van der Waals surface area (Å²) in [7, 11) is 1.69. The molecule has 21 heavy (non-hydrogen) atoms. The zero-order valence-electron chi connectivity index (χ0n) is 12.7. The highest BCUT2D eigenvalue weighted by atomic mass is 79.9. The van der Waals surface area contributed by atoms with E-state index in [0.29, 0.717) is 0 Å². The van der Waals surface area contributed by atoms with Gasteiger partial charge in [0.25, 0.3) is 0 Å². The van der Waals surface area contributed by atoms with Crippen molar-refractivity contribution in [1.82, 2.24) is 10.4 Å². The molecule has 114 valence electrons. The van der Waals surface area contributed by atoms with Crippen LogP contribution >= 0.6 is 27.3 Å². The molecule has 0 aliphatic carbocycles. The Morgan fingerprint density at radius 1 is 1.38 bits per heavy atom. The molecule has 0 aliphatic heterocycles. The number of aryl methyl sites for hydroxylation is 2. The Balaban J connectivity index is 2.31. The van der Waals surface area contributed by atoms with Crippen molar-refractivity contribution in [3.63, 3.8) is 0 Å². The number of hydrogen-bond donors (Lipinski definition) is 2. The molecule has 0 radical (unpaired) electrons. The summed E-state index contributed by atoms with van der Waals surface area (Å²) in [4.78, 5) is 5.74. The van der Waals surface area contributed by atoms with Gasteiger partial charge in [-0.2, -0.15) is 0 Å². The van der Waals surface area contributed by atoms with Crippen molar-refractivity contribution in [3.05, 3.63) is 43.3 Å². The quantitative estimate of drug-likeness (QED) is 0.624. The first-order valence-electron chi connectivity index (χ1n) is 6.69. The molecule has 2 heterocycles. The van der Waals surface area contributed by atoms with E-state index in [-0.39, 0.29) is 6.04 Å². The summed E-state index contributed by atoms with van der Waals surface area (Å²) >= 11 is 5.26. The molecule has 0 aliphatic rings. The summed E-state index contributed by atoms with van der Waals surface area (Å²) < 4.78 is 6.61. The second-order valence-electron chi connectivity index (χ2n) is 5.08. The zero-order chi connectivity index (χ0) is 15.6. The van der Waals surface area contributed by atoms with E-state index in [0.717, 1.165) is 32.8 Å². The number of rotatable bonds is 5. The van der Waals surface area contributed by atoms with Gasteiger partial charge < -0.3 is 4.74 Å². The smallest absolute Gasteiger partial charge is 0.128 e. The minimum absolute atomic E-state index is 0.0404. The highest BCUT2D eigenvalue weighted by Gasteiger charge is 2.18. The van der Waals surface area contributed by atoms with Crippen molar-refractivity contribution in [1.29, 1.82) is 0 Å². The fourth-order valence-corrected chi connectivity index (χ4v) is 4.00. The molecule has 4 nitrogen and oxygen atoms in total. The highest BCUT2D eigenvalue weighted by molar-refractivity contribution is 9.11. The number of hydrogen-bond acceptors (Lipinski definition) is 5. The maximum Gasteiger partial charge on any atom is 0.128 e. The van der Waals surface area contributed by atoms with Gasteiger partial charge in [0.2, 0.25) is 0 Å². The van der Waals surface area contributed by atoms with Crippen molar-refractivity contribution in [2.45, 2.75) is 33.2 Å². The first kappa shape index (κ1) is 16.4. The lowest BCUT2D eigenvalue weighted by Gasteiger charge is -2.17. The molecular formula is C15H20BrN3OS. The summed E-state index contributed by atoms with van der Waals surface area (Å²) in [5.41, 5.74) is 7.24. The van der Waals surface area contributed by atoms with E-state index in [1.54, 1.807) is 18.4 Å². The Morgan fingerprint density at radius 3 is 2.62 bits per heavy atom. The van der Waals surface area contributed by atoms with Crippen LogP contribution in [0.3, 0.4) is 0 Å². The first-order chi connectivity index (χ1) is 9.97. The maximum absolute atomic E-state index is 5.74. The molecule has 1 unspecified atom stereocenters. The van der Waals surface area contributed by atoms with Crippen molar-refractivity contribution < 1.29 is 4.74 Å². The van der Waals surface area contributed by atoms with Gasteiger partial charge in [-0.15, -0.1) is 11.3 Å². The van der Waals surface area contributed by atoms with Crippen molar-refractivity contribution in [2.75, 3.05) is 7.11 Å². The predicted octanol–water partition coefficient (Wildman–Crippen LogP) is 3.59. The second-order valence-corrected chi connectivity index (χ2v) is 7.48. The fourth-order valence-electron chi connectivity index (χ4n) is 2.37. The topological polar surface area (TPSA) is 60.2 Å². The number of thiophene rings is 1. The predicted molar refractivity (Wildman–Crippen MR) is 90.8 cm³/mol. The van der Waals surface area contributed by atoms with Gasteiger partial charge in [-0.05, 0) is 48.3 Å². The van der Waals surface area contributed by atoms with Gasteiger partial charge in [-0.3, -0.25) is 16.3 Å². The van der Waals surface area contributed by atoms with E-state index >= 15 is 0 Å². The van der Waals surface area contributed by atoms with Crippen LogP contribution in [0.4, 0.5) is 0 Å². The molecule has 6 heteroatoms. The average Bonchev–Trinajstić information content (AvgIpc) is 2.78. The third-order valence-electron chi connectivity index (χ3n) is 3.57. The van der Waals surface area contributed by atoms with Crippen LogP contribution in [0.5, 0.6) is 5.75 Å². The van der Waals surface area contributed by atoms with Crippen LogP contribution in [0.15, 0.2) is 16.0 Å². The van der Waals surface area contributed by atoms with E-state index in [2.05, 4.69) is 39.3 Å². The normalized spacial score (nSPS) is 12.5. The summed E-state index contributed by atoms with van der Waals surface area (Å²) in [5, 5.41) is 0. The summed E-state index contributed by atoms with van der Waals surface area (Å²) in [5.74, 6) is 6.65. The lowest BCUT2D eigenvalue weighted by molar-refractivity contribution is 0.406. The second kappa shape index (κ2) is 6.87. The van der Waals surface area contributed by atoms with E-state index in [9.17, 15) is 0 Å². The third kappa shape index (κ3) is 3.45. The largest absolute Gasteiger partial charge is 0.496 e. The lowest BCUT2D eigenvalue weighted by Crippen LogP contribution is -2.29. The number of halogens is 1. The molecule has 3 N–H and O–H groups in total. The molecule has 0 fully saturated rings. The molecule has 1 atom stereocenters. The molecule has 0 bridgehead atoms. The SMILES string of the molecule is COc1c(C)cnc(CC(NN)c2cc(C)c(Br)s2)c1C. The first-order valence-corrected chi connectivity index (χ1v) is 8.29. The van der Waals surface area contributed by atoms with Gasteiger partial charge in [0.1, 0.15) is 5.75 Å². The molecule has 0 saturated carbocycles. The molecule has 0 saturated heterocycles. The number of hydrazine groups is 1. The van der Waals surface area contributed by atoms with Crippen molar-refractivity contribution in [3.8, 4) is 5.75 Å². The summed E-state index contributed by atoms with van der Waals surface area (Å²) in [6.07, 6.45) is 2.58. The van der Waals surface area contributed by atoms with Gasteiger partial charge in [0, 0.05) is 34.3 Å². The van der Waals surface area contributed by atoms with Crippen LogP contribution < -0.4 is 16.0 Å². The molecule has 2 rings (SSSR count). The minimum atomic E-state index is 0.0404. The van der Waals surface area contributed by atoms with Gasteiger partial charge in [-0.1, -0.05) is 0 Å². The molecule has 0 aromatic carbocycles. The Kier molecular flexibility index (Phi) is 5.37. The standard InChI is InChI=1S/C15H20BrN3OS/c1-8-5-13(21-15(8)16)12(19-17)6-11-10(3)14(20-4)9(2)7-18-11/h5,7,12,19H,6,17H2,1-4H3. The number of pyridine rings is 1. The lowest BCUT2D eigenvalue weighted by atomic mass is 10.0. The van der Waals surface area contributed by atoms with Gasteiger partial charge in [0.05, 0.1) is 16.9 Å². The average molecular weight is 370 g/mol. The van der Waals surface area contributed by atoms with Crippen LogP contribution in [0.2, 0.25) is 0 Å². The molecule has 0 amide bonds. The van der Waals surface area contributed by atoms with E-state index in [1.165, 1.54) is 10.4 Å². The number of aromatic nitrogens is 1. The number of methoxy groups -OCH3 is 1. The monoisotopic (exact) mass is 369 g/mol. The summed E-state index contributed by atoms with van der Waals surface area (Å²) in [6.45, 7) is 6.12. The Morgan fingerprint density at radius 2 is 2.10 bits per heavy atom. The van der Waals surface area contributed by atoms with Crippen molar-refractivity contribution in [2.24, 2.45) is 5.84 Å². The van der Waals surface area contributed by atoms with Gasteiger partial charge >= 0.3 is 0 Å². The zero-order valence-corrected chi connectivity index (χ0v) is 15.1. The number of nitrogens with zero attached hydrogens (tertiary/aromatic N) is 1. The van der Waals surface area contributed by atoms with Crippen LogP contribution in [0.1, 0.15) is 33.3 Å². The van der Waals surface area contributed by atoms with Crippen LogP contribution in [-0.4, -0.2) is 12.1 Å². The molecule has 2 aromatic heterocycles. The Bertz CT molecular complexity index is 623. The maximum atomic E-state index is 5.74. The highest BCUT2D eigenvalue weighted by Crippen LogP contribution is 2.33. The fraction of sp³-hybridized carbons (Fsp3) is 0.400. The van der Waals surface area contributed by atoms with E-state index in [4.69, 9.17) is 10.6 Å². The number of nitrogens with two attached hydrogens (primary N) is 1. The van der Waals surface area contributed by atoms with E-state index in [1.807, 2.05) is 20.0 Å². The Labute approximate surface area is 137 Å². The van der Waals surface area contributed by atoms with Gasteiger partial charge in [-0.25, -0.2) is 0 Å². The molecule has 0 spiro atoms. The van der Waals surface area contributed by atoms with E-state index < -0.39 is 0 Å².